The zero-order chi connectivity index (χ0) is 9.64. The number of rotatable bonds is 1. The second-order valence-electron chi connectivity index (χ2n) is 5.24. The van der Waals surface area contributed by atoms with Crippen LogP contribution in [0.4, 0.5) is 0 Å². The molecular weight excluding hydrogens is 162 g/mol. The predicted octanol–water partition coefficient (Wildman–Crippen LogP) is 2.39. The molecule has 0 radical (unpaired) electrons. The fourth-order valence-electron chi connectivity index (χ4n) is 3.36. The van der Waals surface area contributed by atoms with Crippen molar-refractivity contribution < 1.29 is 4.79 Å². The van der Waals surface area contributed by atoms with Gasteiger partial charge in [-0.3, -0.25) is 0 Å². The number of aliphatic imine (C=N–C) groups is 1. The van der Waals surface area contributed by atoms with Crippen LogP contribution in [0.3, 0.4) is 0 Å². The lowest BCUT2D eigenvalue weighted by Gasteiger charge is -2.61. The van der Waals surface area contributed by atoms with E-state index in [-0.39, 0.29) is 6.04 Å². The molecule has 0 aromatic carbocycles. The Kier molecular flexibility index (Phi) is 1.85. The van der Waals surface area contributed by atoms with Gasteiger partial charge in [0.15, 0.2) is 0 Å². The Labute approximate surface area is 79.4 Å². The molecule has 3 aliphatic rings. The van der Waals surface area contributed by atoms with E-state index in [9.17, 15) is 4.79 Å². The zero-order valence-electron chi connectivity index (χ0n) is 8.58. The molecular formula is C11H17NO. The largest absolute Gasteiger partial charge is 0.235 e. The topological polar surface area (TPSA) is 29.4 Å². The minimum atomic E-state index is 0.259. The second kappa shape index (κ2) is 2.68. The van der Waals surface area contributed by atoms with Gasteiger partial charge in [-0.15, -0.1) is 0 Å². The van der Waals surface area contributed by atoms with E-state index in [1.807, 2.05) is 0 Å². The maximum Gasteiger partial charge on any atom is 0.235 e. The summed E-state index contributed by atoms with van der Waals surface area (Å²) in [6.45, 7) is 6.93. The summed E-state index contributed by atoms with van der Waals surface area (Å²) in [5.74, 6) is 2.13. The van der Waals surface area contributed by atoms with Crippen LogP contribution in [0.1, 0.15) is 33.6 Å². The van der Waals surface area contributed by atoms with Crippen molar-refractivity contribution in [3.8, 4) is 0 Å². The molecule has 13 heavy (non-hydrogen) atoms. The molecule has 4 atom stereocenters. The fraction of sp³-hybridized carbons (Fsp3) is 0.909. The molecule has 4 unspecified atom stereocenters. The molecule has 0 heterocycles. The average molecular weight is 179 g/mol. The van der Waals surface area contributed by atoms with Gasteiger partial charge in [0.2, 0.25) is 6.08 Å². The van der Waals surface area contributed by atoms with Gasteiger partial charge in [0.25, 0.3) is 0 Å². The smallest absolute Gasteiger partial charge is 0.211 e. The summed E-state index contributed by atoms with van der Waals surface area (Å²) in [7, 11) is 0. The summed E-state index contributed by atoms with van der Waals surface area (Å²) in [4.78, 5) is 14.1. The Morgan fingerprint density at radius 1 is 1.38 bits per heavy atom. The highest BCUT2D eigenvalue weighted by molar-refractivity contribution is 5.34. The van der Waals surface area contributed by atoms with E-state index >= 15 is 0 Å². The third-order valence-corrected chi connectivity index (χ3v) is 4.53. The lowest BCUT2D eigenvalue weighted by atomic mass is 9.45. The molecule has 72 valence electrons. The Balaban J connectivity index is 2.16. The van der Waals surface area contributed by atoms with Gasteiger partial charge in [-0.25, -0.2) is 9.79 Å². The number of isocyanates is 1. The van der Waals surface area contributed by atoms with Gasteiger partial charge in [0.05, 0.1) is 6.04 Å². The SMILES string of the molecule is CC1C(N=C=O)CC2CC1C2(C)C. The molecule has 2 bridgehead atoms. The van der Waals surface area contributed by atoms with Gasteiger partial charge >= 0.3 is 0 Å². The normalized spacial score (nSPS) is 46.1. The van der Waals surface area contributed by atoms with Crippen molar-refractivity contribution in [2.24, 2.45) is 28.2 Å². The van der Waals surface area contributed by atoms with Crippen LogP contribution in [-0.2, 0) is 4.79 Å². The minimum Gasteiger partial charge on any atom is -0.211 e. The minimum absolute atomic E-state index is 0.259. The van der Waals surface area contributed by atoms with Crippen molar-refractivity contribution in [1.29, 1.82) is 0 Å². The number of carbonyl (C=O) groups excluding carboxylic acids is 1. The zero-order valence-corrected chi connectivity index (χ0v) is 8.58. The number of hydrogen-bond acceptors (Lipinski definition) is 2. The summed E-state index contributed by atoms with van der Waals surface area (Å²) < 4.78 is 0. The highest BCUT2D eigenvalue weighted by atomic mass is 16.1. The van der Waals surface area contributed by atoms with Gasteiger partial charge < -0.3 is 0 Å². The van der Waals surface area contributed by atoms with Crippen molar-refractivity contribution in [1.82, 2.24) is 0 Å². The first-order valence-corrected chi connectivity index (χ1v) is 5.14. The van der Waals surface area contributed by atoms with E-state index in [0.717, 1.165) is 18.3 Å². The van der Waals surface area contributed by atoms with Gasteiger partial charge in [-0.05, 0) is 36.0 Å². The van der Waals surface area contributed by atoms with E-state index in [1.54, 1.807) is 6.08 Å². The average Bonchev–Trinajstić information content (AvgIpc) is 2.08. The molecule has 0 aromatic heterocycles. The monoisotopic (exact) mass is 179 g/mol. The standard InChI is InChI=1S/C11H17NO/c1-7-9-4-8(11(9,2)3)5-10(7)12-6-13/h7-10H,4-5H2,1-3H3. The van der Waals surface area contributed by atoms with E-state index in [2.05, 4.69) is 25.8 Å². The highest BCUT2D eigenvalue weighted by Gasteiger charge is 2.56. The molecule has 2 nitrogen and oxygen atoms in total. The van der Waals surface area contributed by atoms with Crippen LogP contribution in [0, 0.1) is 23.2 Å². The van der Waals surface area contributed by atoms with Crippen molar-refractivity contribution >= 4 is 6.08 Å². The van der Waals surface area contributed by atoms with Crippen molar-refractivity contribution in [2.75, 3.05) is 0 Å². The van der Waals surface area contributed by atoms with Crippen LogP contribution >= 0.6 is 0 Å². The fourth-order valence-corrected chi connectivity index (χ4v) is 3.36. The molecule has 0 N–H and O–H groups in total. The Hall–Kier alpha value is -0.620. The summed E-state index contributed by atoms with van der Waals surface area (Å²) in [6, 6.07) is 0.259. The molecule has 0 aromatic rings. The van der Waals surface area contributed by atoms with Crippen LogP contribution in [-0.4, -0.2) is 12.1 Å². The molecule has 0 saturated heterocycles. The summed E-state index contributed by atoms with van der Waals surface area (Å²) in [5, 5.41) is 0. The van der Waals surface area contributed by atoms with Gasteiger partial charge in [0, 0.05) is 0 Å². The van der Waals surface area contributed by atoms with Crippen LogP contribution in [0.15, 0.2) is 4.99 Å². The molecule has 3 fully saturated rings. The molecule has 3 aliphatic carbocycles. The summed E-state index contributed by atoms with van der Waals surface area (Å²) in [6.07, 6.45) is 4.15. The summed E-state index contributed by atoms with van der Waals surface area (Å²) in [5.41, 5.74) is 0.494. The van der Waals surface area contributed by atoms with Crippen molar-refractivity contribution in [2.45, 2.75) is 39.7 Å². The van der Waals surface area contributed by atoms with E-state index in [1.165, 1.54) is 6.42 Å². The first-order chi connectivity index (χ1) is 6.07. The molecule has 0 amide bonds. The second-order valence-corrected chi connectivity index (χ2v) is 5.24. The van der Waals surface area contributed by atoms with Crippen molar-refractivity contribution in [3.63, 3.8) is 0 Å². The third-order valence-electron chi connectivity index (χ3n) is 4.53. The molecule has 0 spiro atoms. The third kappa shape index (κ3) is 1.08. The quantitative estimate of drug-likeness (QED) is 0.449. The number of hydrogen-bond donors (Lipinski definition) is 0. The van der Waals surface area contributed by atoms with Crippen LogP contribution < -0.4 is 0 Å². The Morgan fingerprint density at radius 2 is 2.08 bits per heavy atom. The van der Waals surface area contributed by atoms with Gasteiger partial charge in [0.1, 0.15) is 0 Å². The van der Waals surface area contributed by atoms with Crippen LogP contribution in [0.5, 0.6) is 0 Å². The maximum absolute atomic E-state index is 10.2. The van der Waals surface area contributed by atoms with E-state index in [0.29, 0.717) is 11.3 Å². The molecule has 3 saturated carbocycles. The maximum atomic E-state index is 10.2. The lowest BCUT2D eigenvalue weighted by molar-refractivity contribution is -0.108. The first kappa shape index (κ1) is 8.96. The van der Waals surface area contributed by atoms with Gasteiger partial charge in [-0.1, -0.05) is 20.8 Å². The Bertz CT molecular complexity index is 265. The van der Waals surface area contributed by atoms with Crippen molar-refractivity contribution in [3.05, 3.63) is 0 Å². The highest BCUT2D eigenvalue weighted by Crippen LogP contribution is 2.61. The van der Waals surface area contributed by atoms with Crippen LogP contribution in [0.25, 0.3) is 0 Å². The van der Waals surface area contributed by atoms with Gasteiger partial charge in [-0.2, -0.15) is 0 Å². The van der Waals surface area contributed by atoms with Crippen LogP contribution in [0.2, 0.25) is 0 Å². The molecule has 0 aliphatic heterocycles. The predicted molar refractivity (Wildman–Crippen MR) is 51.1 cm³/mol. The molecule has 3 rings (SSSR count). The number of fused-ring (bicyclic) bond motifs is 2. The molecule has 2 heteroatoms. The Morgan fingerprint density at radius 3 is 2.54 bits per heavy atom. The van der Waals surface area contributed by atoms with E-state index < -0.39 is 0 Å². The number of nitrogens with zero attached hydrogens (tertiary/aromatic N) is 1. The summed E-state index contributed by atoms with van der Waals surface area (Å²) >= 11 is 0. The first-order valence-electron chi connectivity index (χ1n) is 5.14. The lowest BCUT2D eigenvalue weighted by Crippen LogP contribution is -2.56. The van der Waals surface area contributed by atoms with E-state index in [4.69, 9.17) is 0 Å².